The van der Waals surface area contributed by atoms with Gasteiger partial charge in [0.25, 0.3) is 5.91 Å². The fourth-order valence-corrected chi connectivity index (χ4v) is 4.79. The van der Waals surface area contributed by atoms with Crippen molar-refractivity contribution in [1.29, 1.82) is 0 Å². The van der Waals surface area contributed by atoms with Crippen molar-refractivity contribution >= 4 is 5.91 Å². The summed E-state index contributed by atoms with van der Waals surface area (Å²) in [5.74, 6) is 0.676. The molecule has 6 nitrogen and oxygen atoms in total. The lowest BCUT2D eigenvalue weighted by atomic mass is 9.98. The van der Waals surface area contributed by atoms with E-state index < -0.39 is 5.91 Å². The van der Waals surface area contributed by atoms with Crippen LogP contribution in [0.2, 0.25) is 0 Å². The largest absolute Gasteiger partial charge is 0.492 e. The van der Waals surface area contributed by atoms with Gasteiger partial charge in [-0.15, -0.1) is 0 Å². The van der Waals surface area contributed by atoms with Crippen LogP contribution in [0.15, 0.2) is 66.7 Å². The van der Waals surface area contributed by atoms with Gasteiger partial charge in [-0.05, 0) is 49.5 Å². The molecule has 0 spiro atoms. The third kappa shape index (κ3) is 5.95. The van der Waals surface area contributed by atoms with Crippen LogP contribution in [0.1, 0.15) is 46.8 Å². The third-order valence-electron chi connectivity index (χ3n) is 6.55. The molecule has 1 saturated heterocycles. The first-order valence-corrected chi connectivity index (χ1v) is 12.2. The van der Waals surface area contributed by atoms with Crippen LogP contribution in [0.5, 0.6) is 17.2 Å². The second-order valence-electron chi connectivity index (χ2n) is 8.81. The summed E-state index contributed by atoms with van der Waals surface area (Å²) in [6, 6.07) is 22.1. The highest BCUT2D eigenvalue weighted by Crippen LogP contribution is 2.42. The standard InChI is InChI=1S/C29H34N2O4/c1-3-31-16-10-15-24(31)17-23-18-25(34-19-21-11-6-4-7-12-21)28(33-2)26(29(30)32)27(23)35-20-22-13-8-5-9-14-22/h4-9,11-14,18,24H,3,10,15-17,19-20H2,1-2H3,(H2,30,32). The molecule has 0 aliphatic carbocycles. The van der Waals surface area contributed by atoms with Gasteiger partial charge in [0.2, 0.25) is 0 Å². The summed E-state index contributed by atoms with van der Waals surface area (Å²) in [4.78, 5) is 15.2. The number of amides is 1. The molecule has 1 atom stereocenters. The van der Waals surface area contributed by atoms with Crippen molar-refractivity contribution < 1.29 is 19.0 Å². The van der Waals surface area contributed by atoms with Gasteiger partial charge in [-0.2, -0.15) is 0 Å². The summed E-state index contributed by atoms with van der Waals surface area (Å²) < 4.78 is 18.1. The molecule has 1 heterocycles. The number of nitrogens with two attached hydrogens (primary N) is 1. The number of carbonyl (C=O) groups excluding carboxylic acids is 1. The third-order valence-corrected chi connectivity index (χ3v) is 6.55. The summed E-state index contributed by atoms with van der Waals surface area (Å²) in [6.07, 6.45) is 3.00. The molecule has 3 aromatic carbocycles. The minimum Gasteiger partial charge on any atom is -0.492 e. The molecule has 1 fully saturated rings. The van der Waals surface area contributed by atoms with Crippen LogP contribution < -0.4 is 19.9 Å². The number of benzene rings is 3. The van der Waals surface area contributed by atoms with E-state index >= 15 is 0 Å². The smallest absolute Gasteiger partial charge is 0.256 e. The summed E-state index contributed by atoms with van der Waals surface area (Å²) in [6.45, 7) is 4.92. The minimum atomic E-state index is -0.602. The van der Waals surface area contributed by atoms with Gasteiger partial charge >= 0.3 is 0 Å². The lowest BCUT2D eigenvalue weighted by Crippen LogP contribution is -2.31. The Balaban J connectivity index is 1.73. The van der Waals surface area contributed by atoms with Crippen molar-refractivity contribution in [1.82, 2.24) is 4.90 Å². The number of nitrogens with zero attached hydrogens (tertiary/aromatic N) is 1. The number of likely N-dealkylation sites (tertiary alicyclic amines) is 1. The zero-order valence-electron chi connectivity index (χ0n) is 20.5. The zero-order chi connectivity index (χ0) is 24.6. The first kappa shape index (κ1) is 24.6. The Morgan fingerprint density at radius 3 is 2.17 bits per heavy atom. The molecule has 1 amide bonds. The molecule has 2 N–H and O–H groups in total. The first-order valence-electron chi connectivity index (χ1n) is 12.2. The van der Waals surface area contributed by atoms with Crippen molar-refractivity contribution in [2.45, 2.75) is 45.4 Å². The topological polar surface area (TPSA) is 74.0 Å². The first-order chi connectivity index (χ1) is 17.1. The molecule has 1 aliphatic rings. The van der Waals surface area contributed by atoms with Crippen molar-refractivity contribution in [2.75, 3.05) is 20.2 Å². The van der Waals surface area contributed by atoms with E-state index in [-0.39, 0.29) is 5.56 Å². The minimum absolute atomic E-state index is 0.227. The molecule has 0 bridgehead atoms. The normalized spacial score (nSPS) is 15.7. The van der Waals surface area contributed by atoms with E-state index in [0.717, 1.165) is 49.0 Å². The zero-order valence-corrected chi connectivity index (χ0v) is 20.5. The Morgan fingerprint density at radius 1 is 0.971 bits per heavy atom. The highest BCUT2D eigenvalue weighted by Gasteiger charge is 2.29. The molecular formula is C29H34N2O4. The second-order valence-corrected chi connectivity index (χ2v) is 8.81. The predicted octanol–water partition coefficient (Wildman–Crippen LogP) is 4.98. The van der Waals surface area contributed by atoms with Gasteiger partial charge in [0.05, 0.1) is 7.11 Å². The highest BCUT2D eigenvalue weighted by atomic mass is 16.5. The van der Waals surface area contributed by atoms with Gasteiger partial charge in [0.15, 0.2) is 11.5 Å². The Labute approximate surface area is 207 Å². The molecule has 1 unspecified atom stereocenters. The summed E-state index contributed by atoms with van der Waals surface area (Å²) >= 11 is 0. The van der Waals surface area contributed by atoms with E-state index in [9.17, 15) is 4.79 Å². The van der Waals surface area contributed by atoms with E-state index in [0.29, 0.717) is 36.5 Å². The van der Waals surface area contributed by atoms with Crippen molar-refractivity contribution in [3.05, 3.63) is 89.0 Å². The number of hydrogen-bond donors (Lipinski definition) is 1. The van der Waals surface area contributed by atoms with Gasteiger partial charge in [0.1, 0.15) is 24.5 Å². The highest BCUT2D eigenvalue weighted by molar-refractivity contribution is 6.00. The lowest BCUT2D eigenvalue weighted by molar-refractivity contribution is 0.0991. The maximum atomic E-state index is 12.7. The van der Waals surface area contributed by atoms with Crippen LogP contribution in [0.25, 0.3) is 0 Å². The number of methoxy groups -OCH3 is 1. The molecule has 1 aliphatic heterocycles. The molecule has 4 rings (SSSR count). The van der Waals surface area contributed by atoms with Crippen LogP contribution in [0, 0.1) is 0 Å². The van der Waals surface area contributed by atoms with Crippen LogP contribution in [-0.4, -0.2) is 37.0 Å². The maximum absolute atomic E-state index is 12.7. The van der Waals surface area contributed by atoms with E-state index in [1.54, 1.807) is 0 Å². The Morgan fingerprint density at radius 2 is 1.60 bits per heavy atom. The van der Waals surface area contributed by atoms with Crippen LogP contribution in [0.3, 0.4) is 0 Å². The summed E-state index contributed by atoms with van der Waals surface area (Å²) in [7, 11) is 1.52. The van der Waals surface area contributed by atoms with Gasteiger partial charge < -0.3 is 24.8 Å². The Hall–Kier alpha value is -3.51. The van der Waals surface area contributed by atoms with E-state index in [1.165, 1.54) is 7.11 Å². The quantitative estimate of drug-likeness (QED) is 0.424. The molecule has 184 valence electrons. The molecule has 0 saturated carbocycles. The average molecular weight is 475 g/mol. The molecule has 3 aromatic rings. The van der Waals surface area contributed by atoms with Gasteiger partial charge in [-0.1, -0.05) is 67.6 Å². The van der Waals surface area contributed by atoms with Crippen molar-refractivity contribution in [3.63, 3.8) is 0 Å². The van der Waals surface area contributed by atoms with Gasteiger partial charge in [0, 0.05) is 11.6 Å². The maximum Gasteiger partial charge on any atom is 0.256 e. The predicted molar refractivity (Wildman–Crippen MR) is 137 cm³/mol. The average Bonchev–Trinajstić information content (AvgIpc) is 3.34. The van der Waals surface area contributed by atoms with Gasteiger partial charge in [-0.25, -0.2) is 0 Å². The van der Waals surface area contributed by atoms with E-state index in [4.69, 9.17) is 19.9 Å². The number of likely N-dealkylation sites (N-methyl/N-ethyl adjacent to an activating group) is 1. The number of rotatable bonds is 11. The molecule has 0 radical (unpaired) electrons. The van der Waals surface area contributed by atoms with Crippen LogP contribution in [-0.2, 0) is 19.6 Å². The molecule has 0 aromatic heterocycles. The Kier molecular flexibility index (Phi) is 8.27. The van der Waals surface area contributed by atoms with Crippen LogP contribution >= 0.6 is 0 Å². The number of carbonyl (C=O) groups is 1. The fraction of sp³-hybridized carbons (Fsp3) is 0.345. The SMILES string of the molecule is CCN1CCCC1Cc1cc(OCc2ccccc2)c(OC)c(C(N)=O)c1OCc1ccccc1. The molecular weight excluding hydrogens is 440 g/mol. The Bertz CT molecular complexity index is 1120. The van der Waals surface area contributed by atoms with Crippen molar-refractivity contribution in [2.24, 2.45) is 5.73 Å². The lowest BCUT2D eigenvalue weighted by Gasteiger charge is -2.26. The van der Waals surface area contributed by atoms with E-state index in [1.807, 2.05) is 66.7 Å². The number of hydrogen-bond acceptors (Lipinski definition) is 5. The van der Waals surface area contributed by atoms with Gasteiger partial charge in [-0.3, -0.25) is 4.79 Å². The second kappa shape index (κ2) is 11.8. The summed E-state index contributed by atoms with van der Waals surface area (Å²) in [5.41, 5.74) is 9.06. The number of ether oxygens (including phenoxy) is 3. The van der Waals surface area contributed by atoms with Crippen LogP contribution in [0.4, 0.5) is 0 Å². The van der Waals surface area contributed by atoms with Crippen molar-refractivity contribution in [3.8, 4) is 17.2 Å². The monoisotopic (exact) mass is 474 g/mol. The number of primary amides is 1. The van der Waals surface area contributed by atoms with E-state index in [2.05, 4.69) is 11.8 Å². The molecule has 6 heteroatoms. The fourth-order valence-electron chi connectivity index (χ4n) is 4.79. The summed E-state index contributed by atoms with van der Waals surface area (Å²) in [5, 5.41) is 0. The molecule has 35 heavy (non-hydrogen) atoms.